The van der Waals surface area contributed by atoms with Crippen molar-refractivity contribution in [2.45, 2.75) is 19.9 Å². The molecule has 0 amide bonds. The summed E-state index contributed by atoms with van der Waals surface area (Å²) >= 11 is 0. The van der Waals surface area contributed by atoms with Crippen molar-refractivity contribution in [1.29, 1.82) is 0 Å². The minimum Gasteiger partial charge on any atom is -0.496 e. The van der Waals surface area contributed by atoms with Crippen molar-refractivity contribution in [3.63, 3.8) is 0 Å². The molecule has 2 aromatic carbocycles. The molecule has 106 valence electrons. The first-order chi connectivity index (χ1) is 9.43. The Hall–Kier alpha value is -1.94. The smallest absolute Gasteiger partial charge is 0.128 e. The van der Waals surface area contributed by atoms with Gasteiger partial charge in [-0.1, -0.05) is 6.07 Å². The van der Waals surface area contributed by atoms with E-state index in [1.54, 1.807) is 7.11 Å². The Bertz CT molecular complexity index is 641. The van der Waals surface area contributed by atoms with Crippen LogP contribution in [0.25, 0.3) is 0 Å². The number of aryl methyl sites for hydroxylation is 2. The Balaban J connectivity index is 2.50. The molecule has 0 spiro atoms. The van der Waals surface area contributed by atoms with E-state index in [0.717, 1.165) is 40.6 Å². The van der Waals surface area contributed by atoms with Gasteiger partial charge in [0.05, 0.1) is 13.2 Å². The quantitative estimate of drug-likeness (QED) is 0.929. The number of methoxy groups -OCH3 is 1. The fourth-order valence-electron chi connectivity index (χ4n) is 2.29. The van der Waals surface area contributed by atoms with E-state index in [4.69, 9.17) is 10.5 Å². The van der Waals surface area contributed by atoms with Crippen LogP contribution < -0.4 is 10.5 Å². The lowest BCUT2D eigenvalue weighted by Crippen LogP contribution is -2.15. The van der Waals surface area contributed by atoms with Gasteiger partial charge in [0.25, 0.3) is 0 Å². The minimum absolute atomic E-state index is 0.151. The maximum atomic E-state index is 13.8. The zero-order valence-corrected chi connectivity index (χ0v) is 11.7. The first-order valence-electron chi connectivity index (χ1n) is 6.29. The summed E-state index contributed by atoms with van der Waals surface area (Å²) in [5.41, 5.74) is 8.79. The standard InChI is InChI=1S/C16H17F2NO/c1-9-7-15(20-3)10(2)6-12(9)16(19)13-8-11(17)4-5-14(13)18/h4-8,16H,19H2,1-3H3. The van der Waals surface area contributed by atoms with E-state index in [-0.39, 0.29) is 5.56 Å². The van der Waals surface area contributed by atoms with E-state index in [1.807, 2.05) is 26.0 Å². The number of ether oxygens (including phenoxy) is 1. The molecule has 0 aliphatic heterocycles. The molecule has 2 N–H and O–H groups in total. The molecule has 0 saturated heterocycles. The van der Waals surface area contributed by atoms with Crippen LogP contribution in [0.15, 0.2) is 30.3 Å². The fourth-order valence-corrected chi connectivity index (χ4v) is 2.29. The highest BCUT2D eigenvalue weighted by Crippen LogP contribution is 2.30. The summed E-state index contributed by atoms with van der Waals surface area (Å²) in [4.78, 5) is 0. The topological polar surface area (TPSA) is 35.2 Å². The fraction of sp³-hybridized carbons (Fsp3) is 0.250. The van der Waals surface area contributed by atoms with Crippen LogP contribution in [0.1, 0.15) is 28.3 Å². The average Bonchev–Trinajstić information content (AvgIpc) is 2.42. The van der Waals surface area contributed by atoms with Gasteiger partial charge in [-0.3, -0.25) is 0 Å². The van der Waals surface area contributed by atoms with Gasteiger partial charge in [0.2, 0.25) is 0 Å². The predicted molar refractivity (Wildman–Crippen MR) is 74.9 cm³/mol. The number of benzene rings is 2. The number of hydrogen-bond acceptors (Lipinski definition) is 2. The normalized spacial score (nSPS) is 12.3. The Kier molecular flexibility index (Phi) is 4.04. The highest BCUT2D eigenvalue weighted by atomic mass is 19.1. The third-order valence-corrected chi connectivity index (χ3v) is 3.41. The number of nitrogens with two attached hydrogens (primary N) is 1. The molecule has 20 heavy (non-hydrogen) atoms. The van der Waals surface area contributed by atoms with Crippen molar-refractivity contribution < 1.29 is 13.5 Å². The van der Waals surface area contributed by atoms with Crippen LogP contribution in [0, 0.1) is 25.5 Å². The molecule has 0 bridgehead atoms. The minimum atomic E-state index is -0.713. The largest absolute Gasteiger partial charge is 0.496 e. The second-order valence-electron chi connectivity index (χ2n) is 4.82. The average molecular weight is 277 g/mol. The number of hydrogen-bond donors (Lipinski definition) is 1. The van der Waals surface area contributed by atoms with Crippen LogP contribution in [0.3, 0.4) is 0 Å². The van der Waals surface area contributed by atoms with Gasteiger partial charge < -0.3 is 10.5 Å². The van der Waals surface area contributed by atoms with Crippen molar-refractivity contribution in [2.24, 2.45) is 5.73 Å². The van der Waals surface area contributed by atoms with Gasteiger partial charge in [0, 0.05) is 5.56 Å². The third kappa shape index (κ3) is 2.65. The zero-order chi connectivity index (χ0) is 14.9. The molecule has 0 aliphatic rings. The molecule has 4 heteroatoms. The van der Waals surface area contributed by atoms with E-state index in [2.05, 4.69) is 0 Å². The predicted octanol–water partition coefficient (Wildman–Crippen LogP) is 3.64. The molecule has 0 aromatic heterocycles. The summed E-state index contributed by atoms with van der Waals surface area (Å²) in [6, 6.07) is 6.30. The van der Waals surface area contributed by atoms with Crippen LogP contribution in [0.4, 0.5) is 8.78 Å². The van der Waals surface area contributed by atoms with Gasteiger partial charge in [-0.2, -0.15) is 0 Å². The van der Waals surface area contributed by atoms with E-state index < -0.39 is 17.7 Å². The molecule has 2 rings (SSSR count). The van der Waals surface area contributed by atoms with E-state index in [1.165, 1.54) is 0 Å². The van der Waals surface area contributed by atoms with E-state index >= 15 is 0 Å². The van der Waals surface area contributed by atoms with Crippen molar-refractivity contribution in [1.82, 2.24) is 0 Å². The molecule has 0 fully saturated rings. The van der Waals surface area contributed by atoms with Crippen molar-refractivity contribution >= 4 is 0 Å². The lowest BCUT2D eigenvalue weighted by atomic mass is 9.93. The van der Waals surface area contributed by atoms with E-state index in [9.17, 15) is 8.78 Å². The summed E-state index contributed by atoms with van der Waals surface area (Å²) in [6.45, 7) is 3.75. The molecule has 1 unspecified atom stereocenters. The van der Waals surface area contributed by atoms with Gasteiger partial charge in [-0.05, 0) is 54.8 Å². The van der Waals surface area contributed by atoms with Crippen molar-refractivity contribution in [2.75, 3.05) is 7.11 Å². The van der Waals surface area contributed by atoms with Gasteiger partial charge in [0.15, 0.2) is 0 Å². The molecule has 0 saturated carbocycles. The lowest BCUT2D eigenvalue weighted by molar-refractivity contribution is 0.411. The van der Waals surface area contributed by atoms with Crippen LogP contribution in [-0.2, 0) is 0 Å². The monoisotopic (exact) mass is 277 g/mol. The van der Waals surface area contributed by atoms with Crippen molar-refractivity contribution in [3.8, 4) is 5.75 Å². The zero-order valence-electron chi connectivity index (χ0n) is 11.7. The summed E-state index contributed by atoms with van der Waals surface area (Å²) in [5, 5.41) is 0. The molecule has 1 atom stereocenters. The molecule has 0 heterocycles. The molecule has 2 aromatic rings. The molecule has 0 radical (unpaired) electrons. The summed E-state index contributed by atoms with van der Waals surface area (Å²) < 4.78 is 32.3. The van der Waals surface area contributed by atoms with E-state index in [0.29, 0.717) is 0 Å². The molecule has 2 nitrogen and oxygen atoms in total. The summed E-state index contributed by atoms with van der Waals surface area (Å²) in [7, 11) is 1.59. The van der Waals surface area contributed by atoms with Gasteiger partial charge in [-0.15, -0.1) is 0 Å². The highest BCUT2D eigenvalue weighted by Gasteiger charge is 2.17. The summed E-state index contributed by atoms with van der Waals surface area (Å²) in [5.74, 6) is -0.260. The third-order valence-electron chi connectivity index (χ3n) is 3.41. The maximum Gasteiger partial charge on any atom is 0.128 e. The SMILES string of the molecule is COc1cc(C)c(C(N)c2cc(F)ccc2F)cc1C. The van der Waals surface area contributed by atoms with Crippen LogP contribution >= 0.6 is 0 Å². The van der Waals surface area contributed by atoms with Gasteiger partial charge >= 0.3 is 0 Å². The highest BCUT2D eigenvalue weighted by molar-refractivity contribution is 5.45. The molecular formula is C16H17F2NO. The summed E-state index contributed by atoms with van der Waals surface area (Å²) in [6.07, 6.45) is 0. The Morgan fingerprint density at radius 1 is 1.00 bits per heavy atom. The first kappa shape index (κ1) is 14.5. The first-order valence-corrected chi connectivity index (χ1v) is 6.29. The maximum absolute atomic E-state index is 13.8. The molecular weight excluding hydrogens is 260 g/mol. The molecule has 0 aliphatic carbocycles. The number of rotatable bonds is 3. The Morgan fingerprint density at radius 3 is 2.35 bits per heavy atom. The van der Waals surface area contributed by atoms with Crippen molar-refractivity contribution in [3.05, 3.63) is 64.2 Å². The van der Waals surface area contributed by atoms with Crippen LogP contribution in [0.5, 0.6) is 5.75 Å². The second kappa shape index (κ2) is 5.59. The van der Waals surface area contributed by atoms with Gasteiger partial charge in [-0.25, -0.2) is 8.78 Å². The Morgan fingerprint density at radius 2 is 1.70 bits per heavy atom. The van der Waals surface area contributed by atoms with Crippen LogP contribution in [0.2, 0.25) is 0 Å². The van der Waals surface area contributed by atoms with Gasteiger partial charge in [0.1, 0.15) is 17.4 Å². The second-order valence-corrected chi connectivity index (χ2v) is 4.82. The Labute approximate surface area is 117 Å². The lowest BCUT2D eigenvalue weighted by Gasteiger charge is -2.18. The number of halogens is 2. The van der Waals surface area contributed by atoms with Crippen LogP contribution in [-0.4, -0.2) is 7.11 Å².